The molecule has 0 bridgehead atoms. The molecule has 8 heteroatoms. The molecule has 4 aromatic heterocycles. The molecule has 5 heterocycles. The van der Waals surface area contributed by atoms with E-state index in [-0.39, 0.29) is 0 Å². The fraction of sp³-hybridized carbons (Fsp3) is 0.292. The molecule has 1 aromatic carbocycles. The van der Waals surface area contributed by atoms with Crippen LogP contribution >= 0.6 is 0 Å². The highest BCUT2D eigenvalue weighted by Gasteiger charge is 2.19. The van der Waals surface area contributed by atoms with Crippen molar-refractivity contribution >= 4 is 22.1 Å². The Balaban J connectivity index is 1.29. The Morgan fingerprint density at radius 3 is 2.81 bits per heavy atom. The maximum atomic E-state index is 4.90. The van der Waals surface area contributed by atoms with Crippen molar-refractivity contribution < 1.29 is 0 Å². The van der Waals surface area contributed by atoms with Gasteiger partial charge in [0.2, 0.25) is 0 Å². The minimum atomic E-state index is 0.457. The van der Waals surface area contributed by atoms with Crippen molar-refractivity contribution in [2.45, 2.75) is 25.4 Å². The van der Waals surface area contributed by atoms with E-state index in [4.69, 9.17) is 4.98 Å². The van der Waals surface area contributed by atoms with E-state index >= 15 is 0 Å². The van der Waals surface area contributed by atoms with Gasteiger partial charge in [-0.25, -0.2) is 9.67 Å². The van der Waals surface area contributed by atoms with Gasteiger partial charge in [0.05, 0.1) is 30.0 Å². The van der Waals surface area contributed by atoms with E-state index in [0.29, 0.717) is 12.6 Å². The lowest BCUT2D eigenvalue weighted by atomic mass is 10.1. The van der Waals surface area contributed by atoms with Gasteiger partial charge in [-0.15, -0.1) is 5.10 Å². The van der Waals surface area contributed by atoms with Crippen molar-refractivity contribution in [3.63, 3.8) is 0 Å². The molecule has 0 unspecified atom stereocenters. The number of fused-ring (bicyclic) bond motifs is 2. The molecule has 1 aliphatic heterocycles. The van der Waals surface area contributed by atoms with Crippen molar-refractivity contribution in [2.75, 3.05) is 20.1 Å². The standard InChI is InChI=1S/C24H24N8/c1-30-11-8-20(9-12-30)31-16-19(14-26-31)22-6-7-23-24(27-22)32(29-28-23)15-17-4-5-21-18(13-17)3-2-10-25-21/h2-7,10,13-14,16,20H,8-9,11-12,15H2,1H3. The summed E-state index contributed by atoms with van der Waals surface area (Å²) in [5, 5.41) is 14.4. The van der Waals surface area contributed by atoms with Gasteiger partial charge in [0.15, 0.2) is 5.65 Å². The molecule has 160 valence electrons. The molecule has 0 atom stereocenters. The molecule has 0 saturated carbocycles. The maximum absolute atomic E-state index is 4.90. The Hall–Kier alpha value is -3.65. The molecule has 32 heavy (non-hydrogen) atoms. The van der Waals surface area contributed by atoms with E-state index in [1.165, 1.54) is 0 Å². The van der Waals surface area contributed by atoms with Gasteiger partial charge in [-0.1, -0.05) is 17.3 Å². The second-order valence-corrected chi connectivity index (χ2v) is 8.56. The zero-order valence-corrected chi connectivity index (χ0v) is 18.0. The third-order valence-corrected chi connectivity index (χ3v) is 6.32. The number of hydrogen-bond donors (Lipinski definition) is 0. The monoisotopic (exact) mass is 424 g/mol. The van der Waals surface area contributed by atoms with Crippen LogP contribution < -0.4 is 0 Å². The Morgan fingerprint density at radius 1 is 1.03 bits per heavy atom. The van der Waals surface area contributed by atoms with Crippen molar-refractivity contribution in [1.82, 2.24) is 39.6 Å². The van der Waals surface area contributed by atoms with Crippen LogP contribution in [0, 0.1) is 0 Å². The van der Waals surface area contributed by atoms with Crippen LogP contribution in [-0.4, -0.2) is 59.8 Å². The van der Waals surface area contributed by atoms with Crippen LogP contribution in [0.15, 0.2) is 61.1 Å². The van der Waals surface area contributed by atoms with Crippen LogP contribution in [0.1, 0.15) is 24.4 Å². The third kappa shape index (κ3) is 3.52. The molecule has 6 rings (SSSR count). The van der Waals surface area contributed by atoms with E-state index in [0.717, 1.165) is 64.8 Å². The molecular weight excluding hydrogens is 400 g/mol. The van der Waals surface area contributed by atoms with Gasteiger partial charge in [0.25, 0.3) is 0 Å². The van der Waals surface area contributed by atoms with Crippen LogP contribution in [0.5, 0.6) is 0 Å². The molecular formula is C24H24N8. The molecule has 0 aliphatic carbocycles. The van der Waals surface area contributed by atoms with Gasteiger partial charge in [0, 0.05) is 23.3 Å². The van der Waals surface area contributed by atoms with E-state index < -0.39 is 0 Å². The topological polar surface area (TPSA) is 77.5 Å². The number of rotatable bonds is 4. The Labute approximate surface area is 185 Å². The number of hydrogen-bond acceptors (Lipinski definition) is 6. The number of nitrogens with zero attached hydrogens (tertiary/aromatic N) is 8. The van der Waals surface area contributed by atoms with E-state index in [2.05, 4.69) is 61.4 Å². The zero-order valence-electron chi connectivity index (χ0n) is 18.0. The normalized spacial score (nSPS) is 15.7. The highest BCUT2D eigenvalue weighted by molar-refractivity contribution is 5.79. The number of aromatic nitrogens is 7. The molecule has 0 radical (unpaired) electrons. The van der Waals surface area contributed by atoms with Gasteiger partial charge in [0.1, 0.15) is 5.52 Å². The Kier molecular flexibility index (Phi) is 4.65. The van der Waals surface area contributed by atoms with Crippen molar-refractivity contribution in [2.24, 2.45) is 0 Å². The first-order chi connectivity index (χ1) is 15.7. The predicted octanol–water partition coefficient (Wildman–Crippen LogP) is 3.55. The summed E-state index contributed by atoms with van der Waals surface area (Å²) in [4.78, 5) is 11.7. The summed E-state index contributed by atoms with van der Waals surface area (Å²) in [6.45, 7) is 2.83. The fourth-order valence-electron chi connectivity index (χ4n) is 4.45. The second-order valence-electron chi connectivity index (χ2n) is 8.56. The summed E-state index contributed by atoms with van der Waals surface area (Å²) in [7, 11) is 2.18. The molecule has 0 N–H and O–H groups in total. The van der Waals surface area contributed by atoms with Gasteiger partial charge < -0.3 is 4.90 Å². The number of benzene rings is 1. The predicted molar refractivity (Wildman–Crippen MR) is 123 cm³/mol. The lowest BCUT2D eigenvalue weighted by Gasteiger charge is -2.28. The van der Waals surface area contributed by atoms with E-state index in [1.54, 1.807) is 0 Å². The first-order valence-corrected chi connectivity index (χ1v) is 11.0. The third-order valence-electron chi connectivity index (χ3n) is 6.32. The minimum Gasteiger partial charge on any atom is -0.306 e. The Bertz CT molecular complexity index is 1390. The number of pyridine rings is 2. The first-order valence-electron chi connectivity index (χ1n) is 11.0. The van der Waals surface area contributed by atoms with Crippen LogP contribution in [0.2, 0.25) is 0 Å². The van der Waals surface area contributed by atoms with Gasteiger partial charge in [-0.3, -0.25) is 9.67 Å². The van der Waals surface area contributed by atoms with E-state index in [9.17, 15) is 0 Å². The average molecular weight is 425 g/mol. The summed E-state index contributed by atoms with van der Waals surface area (Å²) in [6, 6.07) is 14.7. The Morgan fingerprint density at radius 2 is 1.91 bits per heavy atom. The first kappa shape index (κ1) is 19.1. The SMILES string of the molecule is CN1CCC(n2cc(-c3ccc4nnn(Cc5ccc6ncccc6c5)c4n3)cn2)CC1. The fourth-order valence-corrected chi connectivity index (χ4v) is 4.45. The van der Waals surface area contributed by atoms with Gasteiger partial charge in [-0.05, 0) is 68.9 Å². The number of likely N-dealkylation sites (tertiary alicyclic amines) is 1. The van der Waals surface area contributed by atoms with Crippen molar-refractivity contribution in [3.8, 4) is 11.3 Å². The van der Waals surface area contributed by atoms with Crippen LogP contribution in [0.25, 0.3) is 33.3 Å². The van der Waals surface area contributed by atoms with E-state index in [1.807, 2.05) is 41.3 Å². The summed E-state index contributed by atoms with van der Waals surface area (Å²) >= 11 is 0. The van der Waals surface area contributed by atoms with Crippen LogP contribution in [0.3, 0.4) is 0 Å². The van der Waals surface area contributed by atoms with Crippen LogP contribution in [0.4, 0.5) is 0 Å². The lowest BCUT2D eigenvalue weighted by Crippen LogP contribution is -2.31. The highest BCUT2D eigenvalue weighted by atomic mass is 15.4. The highest BCUT2D eigenvalue weighted by Crippen LogP contribution is 2.25. The minimum absolute atomic E-state index is 0.457. The molecule has 1 saturated heterocycles. The van der Waals surface area contributed by atoms with Crippen molar-refractivity contribution in [3.05, 3.63) is 66.6 Å². The largest absolute Gasteiger partial charge is 0.306 e. The molecule has 1 fully saturated rings. The molecule has 5 aromatic rings. The summed E-state index contributed by atoms with van der Waals surface area (Å²) in [5.41, 5.74) is 5.61. The quantitative estimate of drug-likeness (QED) is 0.439. The molecule has 0 amide bonds. The summed E-state index contributed by atoms with van der Waals surface area (Å²) in [6.07, 6.45) is 8.10. The van der Waals surface area contributed by atoms with Crippen molar-refractivity contribution in [1.29, 1.82) is 0 Å². The zero-order chi connectivity index (χ0) is 21.5. The molecule has 1 aliphatic rings. The van der Waals surface area contributed by atoms with Crippen LogP contribution in [-0.2, 0) is 6.54 Å². The second kappa shape index (κ2) is 7.80. The van der Waals surface area contributed by atoms with Gasteiger partial charge in [-0.2, -0.15) is 5.10 Å². The number of piperidine rings is 1. The lowest BCUT2D eigenvalue weighted by molar-refractivity contribution is 0.212. The average Bonchev–Trinajstić information content (AvgIpc) is 3.47. The summed E-state index contributed by atoms with van der Waals surface area (Å²) in [5.74, 6) is 0. The van der Waals surface area contributed by atoms with Gasteiger partial charge >= 0.3 is 0 Å². The molecule has 8 nitrogen and oxygen atoms in total. The molecule has 0 spiro atoms. The maximum Gasteiger partial charge on any atom is 0.179 e. The smallest absolute Gasteiger partial charge is 0.179 e. The summed E-state index contributed by atoms with van der Waals surface area (Å²) < 4.78 is 3.96.